The van der Waals surface area contributed by atoms with Crippen molar-refractivity contribution in [3.63, 3.8) is 0 Å². The van der Waals surface area contributed by atoms with Crippen LogP contribution in [0.4, 0.5) is 0 Å². The van der Waals surface area contributed by atoms with Crippen LogP contribution in [-0.4, -0.2) is 14.2 Å². The molecule has 3 aromatic rings. The second kappa shape index (κ2) is 5.25. The molecule has 0 saturated carbocycles. The van der Waals surface area contributed by atoms with E-state index in [-0.39, 0.29) is 0 Å². The topological polar surface area (TPSA) is 18.5 Å². The van der Waals surface area contributed by atoms with E-state index in [2.05, 4.69) is 24.3 Å². The number of methoxy groups -OCH3 is 2. The van der Waals surface area contributed by atoms with Crippen LogP contribution in [0.3, 0.4) is 0 Å². The Morgan fingerprint density at radius 2 is 1.55 bits per heavy atom. The number of fused-ring (bicyclic) bond motifs is 1. The molecular formula is C18H16O2. The van der Waals surface area contributed by atoms with E-state index >= 15 is 0 Å². The summed E-state index contributed by atoms with van der Waals surface area (Å²) in [5, 5.41) is 2.20. The van der Waals surface area contributed by atoms with Crippen molar-refractivity contribution in [3.05, 3.63) is 60.7 Å². The summed E-state index contributed by atoms with van der Waals surface area (Å²) in [7, 11) is 3.39. The van der Waals surface area contributed by atoms with Crippen LogP contribution >= 0.6 is 0 Å². The fourth-order valence-corrected chi connectivity index (χ4v) is 2.47. The molecule has 2 heteroatoms. The molecule has 0 saturated heterocycles. The van der Waals surface area contributed by atoms with E-state index < -0.39 is 0 Å². The van der Waals surface area contributed by atoms with Gasteiger partial charge in [0.15, 0.2) is 0 Å². The molecular weight excluding hydrogens is 248 g/mol. The second-order valence-corrected chi connectivity index (χ2v) is 4.60. The molecule has 0 heterocycles. The Kier molecular flexibility index (Phi) is 3.30. The van der Waals surface area contributed by atoms with Crippen molar-refractivity contribution in [3.8, 4) is 22.6 Å². The van der Waals surface area contributed by atoms with Crippen molar-refractivity contribution < 1.29 is 9.47 Å². The van der Waals surface area contributed by atoms with E-state index in [1.807, 2.05) is 36.4 Å². The van der Waals surface area contributed by atoms with Crippen LogP contribution in [-0.2, 0) is 0 Å². The third kappa shape index (κ3) is 2.10. The first kappa shape index (κ1) is 12.5. The average molecular weight is 264 g/mol. The highest BCUT2D eigenvalue weighted by atomic mass is 16.5. The van der Waals surface area contributed by atoms with E-state index in [4.69, 9.17) is 9.47 Å². The van der Waals surface area contributed by atoms with E-state index in [1.165, 1.54) is 0 Å². The number of hydrogen-bond donors (Lipinski definition) is 0. The summed E-state index contributed by atoms with van der Waals surface area (Å²) in [5.41, 5.74) is 2.26. The molecule has 100 valence electrons. The molecule has 3 rings (SSSR count). The summed E-state index contributed by atoms with van der Waals surface area (Å²) in [6.07, 6.45) is 0. The maximum Gasteiger partial charge on any atom is 0.134 e. The summed E-state index contributed by atoms with van der Waals surface area (Å²) in [5.74, 6) is 1.75. The minimum absolute atomic E-state index is 0.854. The molecule has 20 heavy (non-hydrogen) atoms. The molecule has 0 N–H and O–H groups in total. The van der Waals surface area contributed by atoms with E-state index in [0.717, 1.165) is 33.4 Å². The monoisotopic (exact) mass is 264 g/mol. The van der Waals surface area contributed by atoms with Gasteiger partial charge in [0, 0.05) is 10.9 Å². The summed E-state index contributed by atoms with van der Waals surface area (Å²) < 4.78 is 10.9. The molecule has 0 radical (unpaired) electrons. The molecule has 0 aliphatic carbocycles. The van der Waals surface area contributed by atoms with Crippen LogP contribution < -0.4 is 9.47 Å². The van der Waals surface area contributed by atoms with Crippen LogP contribution in [0.1, 0.15) is 0 Å². The van der Waals surface area contributed by atoms with Crippen LogP contribution in [0.5, 0.6) is 11.5 Å². The number of ether oxygens (including phenoxy) is 2. The second-order valence-electron chi connectivity index (χ2n) is 4.60. The van der Waals surface area contributed by atoms with Gasteiger partial charge in [0.1, 0.15) is 11.5 Å². The predicted molar refractivity (Wildman–Crippen MR) is 82.5 cm³/mol. The summed E-state index contributed by atoms with van der Waals surface area (Å²) in [4.78, 5) is 0. The third-order valence-electron chi connectivity index (χ3n) is 3.47. The van der Waals surface area contributed by atoms with Gasteiger partial charge < -0.3 is 9.47 Å². The number of hydrogen-bond acceptors (Lipinski definition) is 2. The van der Waals surface area contributed by atoms with E-state index in [1.54, 1.807) is 14.2 Å². The number of benzene rings is 3. The average Bonchev–Trinajstić information content (AvgIpc) is 2.53. The molecule has 0 aliphatic heterocycles. The summed E-state index contributed by atoms with van der Waals surface area (Å²) >= 11 is 0. The SMILES string of the molecule is COc1ccc2c(OC)c(-c3ccccc3)ccc2c1. The Balaban J connectivity index is 2.25. The van der Waals surface area contributed by atoms with Gasteiger partial charge in [0.2, 0.25) is 0 Å². The van der Waals surface area contributed by atoms with Crippen molar-refractivity contribution in [1.29, 1.82) is 0 Å². The van der Waals surface area contributed by atoms with E-state index in [0.29, 0.717) is 0 Å². The lowest BCUT2D eigenvalue weighted by Gasteiger charge is -2.13. The smallest absolute Gasteiger partial charge is 0.134 e. The first-order valence-corrected chi connectivity index (χ1v) is 6.53. The van der Waals surface area contributed by atoms with Crippen molar-refractivity contribution in [2.75, 3.05) is 14.2 Å². The van der Waals surface area contributed by atoms with Crippen LogP contribution in [0.15, 0.2) is 60.7 Å². The maximum absolute atomic E-state index is 5.65. The molecule has 3 aromatic carbocycles. The van der Waals surface area contributed by atoms with Gasteiger partial charge in [-0.2, -0.15) is 0 Å². The van der Waals surface area contributed by atoms with Crippen molar-refractivity contribution >= 4 is 10.8 Å². The highest BCUT2D eigenvalue weighted by Gasteiger charge is 2.10. The lowest BCUT2D eigenvalue weighted by atomic mass is 9.99. The van der Waals surface area contributed by atoms with Crippen molar-refractivity contribution in [1.82, 2.24) is 0 Å². The molecule has 0 atom stereocenters. The zero-order valence-corrected chi connectivity index (χ0v) is 11.6. The quantitative estimate of drug-likeness (QED) is 0.692. The molecule has 0 aliphatic rings. The molecule has 0 unspecified atom stereocenters. The van der Waals surface area contributed by atoms with Gasteiger partial charge in [-0.3, -0.25) is 0 Å². The normalized spacial score (nSPS) is 10.5. The highest BCUT2D eigenvalue weighted by Crippen LogP contribution is 2.37. The van der Waals surface area contributed by atoms with Crippen LogP contribution in [0.2, 0.25) is 0 Å². The zero-order valence-electron chi connectivity index (χ0n) is 11.6. The molecule has 0 aromatic heterocycles. The third-order valence-corrected chi connectivity index (χ3v) is 3.47. The fraction of sp³-hybridized carbons (Fsp3) is 0.111. The first-order chi connectivity index (χ1) is 9.83. The molecule has 0 amide bonds. The minimum atomic E-state index is 0.854. The fourth-order valence-electron chi connectivity index (χ4n) is 2.47. The Labute approximate surface area is 118 Å². The highest BCUT2D eigenvalue weighted by molar-refractivity contribution is 5.95. The van der Waals surface area contributed by atoms with Gasteiger partial charge in [-0.15, -0.1) is 0 Å². The van der Waals surface area contributed by atoms with Gasteiger partial charge in [-0.05, 0) is 29.1 Å². The molecule has 0 spiro atoms. The summed E-state index contributed by atoms with van der Waals surface area (Å²) in [6, 6.07) is 20.5. The van der Waals surface area contributed by atoms with Gasteiger partial charge in [-0.1, -0.05) is 42.5 Å². The standard InChI is InChI=1S/C18H16O2/c1-19-15-9-11-17-14(12-15)8-10-16(18(17)20-2)13-6-4-3-5-7-13/h3-12H,1-2H3. The molecule has 0 bridgehead atoms. The molecule has 2 nitrogen and oxygen atoms in total. The van der Waals surface area contributed by atoms with Crippen LogP contribution in [0.25, 0.3) is 21.9 Å². The van der Waals surface area contributed by atoms with Crippen LogP contribution in [0, 0.1) is 0 Å². The van der Waals surface area contributed by atoms with Gasteiger partial charge >= 0.3 is 0 Å². The zero-order chi connectivity index (χ0) is 13.9. The van der Waals surface area contributed by atoms with Gasteiger partial charge in [0.25, 0.3) is 0 Å². The minimum Gasteiger partial charge on any atom is -0.497 e. The summed E-state index contributed by atoms with van der Waals surface area (Å²) in [6.45, 7) is 0. The first-order valence-electron chi connectivity index (χ1n) is 6.53. The Bertz CT molecular complexity index is 733. The lowest BCUT2D eigenvalue weighted by Crippen LogP contribution is -1.90. The van der Waals surface area contributed by atoms with E-state index in [9.17, 15) is 0 Å². The van der Waals surface area contributed by atoms with Crippen molar-refractivity contribution in [2.45, 2.75) is 0 Å². The van der Waals surface area contributed by atoms with Crippen molar-refractivity contribution in [2.24, 2.45) is 0 Å². The Morgan fingerprint density at radius 3 is 2.25 bits per heavy atom. The van der Waals surface area contributed by atoms with Gasteiger partial charge in [-0.25, -0.2) is 0 Å². The molecule has 0 fully saturated rings. The Morgan fingerprint density at radius 1 is 0.750 bits per heavy atom. The largest absolute Gasteiger partial charge is 0.497 e. The maximum atomic E-state index is 5.65. The predicted octanol–water partition coefficient (Wildman–Crippen LogP) is 4.52. The lowest BCUT2D eigenvalue weighted by molar-refractivity contribution is 0.414. The Hall–Kier alpha value is -2.48. The number of rotatable bonds is 3. The van der Waals surface area contributed by atoms with Gasteiger partial charge in [0.05, 0.1) is 14.2 Å².